The van der Waals surface area contributed by atoms with E-state index in [1.807, 2.05) is 36.5 Å². The van der Waals surface area contributed by atoms with E-state index in [2.05, 4.69) is 44.2 Å². The first kappa shape index (κ1) is 23.6. The number of hydrogen-bond acceptors (Lipinski definition) is 5. The summed E-state index contributed by atoms with van der Waals surface area (Å²) < 4.78 is 23.7. The Labute approximate surface area is 218 Å². The summed E-state index contributed by atoms with van der Waals surface area (Å²) in [4.78, 5) is 10.5. The van der Waals surface area contributed by atoms with Crippen molar-refractivity contribution in [3.8, 4) is 22.8 Å². The Hall–Kier alpha value is -3.77. The number of benzene rings is 3. The number of fused-ring (bicyclic) bond motifs is 1. The molecule has 0 aliphatic carbocycles. The molecule has 0 amide bonds. The predicted molar refractivity (Wildman–Crippen MR) is 149 cm³/mol. The van der Waals surface area contributed by atoms with Crippen LogP contribution in [-0.4, -0.2) is 27.0 Å². The zero-order valence-corrected chi connectivity index (χ0v) is 22.0. The first-order valence-electron chi connectivity index (χ1n) is 12.6. The zero-order valence-electron chi connectivity index (χ0n) is 21.2. The Morgan fingerprint density at radius 1 is 1.05 bits per heavy atom. The third kappa shape index (κ3) is 4.25. The van der Waals surface area contributed by atoms with Crippen LogP contribution in [0.3, 0.4) is 0 Å². The molecule has 0 saturated carbocycles. The standard InChI is InChI=1S/C31H28N2O3S/c1-4-23-19(2)17-26-24(10-12-28(33-26)36-18-20-5-7-22(8-6-20)37(3)34)30(23)25-9-11-27-29-21(14-16-35-27)13-15-32-31(25)29/h5-13,15,17H,4,14,16,18H2,1-3H3. The highest BCUT2D eigenvalue weighted by atomic mass is 32.2. The fourth-order valence-electron chi connectivity index (χ4n) is 5.31. The van der Waals surface area contributed by atoms with Crippen LogP contribution < -0.4 is 9.47 Å². The highest BCUT2D eigenvalue weighted by Crippen LogP contribution is 2.42. The van der Waals surface area contributed by atoms with Crippen molar-refractivity contribution in [2.24, 2.45) is 0 Å². The van der Waals surface area contributed by atoms with Crippen molar-refractivity contribution in [1.29, 1.82) is 0 Å². The molecule has 0 bridgehead atoms. The van der Waals surface area contributed by atoms with E-state index in [-0.39, 0.29) is 0 Å². The SMILES string of the molecule is CCc1c(C)cc2nc(OCc3ccc(S(C)=O)cc3)ccc2c1-c1ccc2c3c(ccnc13)CCO2. The molecule has 1 atom stereocenters. The van der Waals surface area contributed by atoms with E-state index in [1.54, 1.807) is 6.26 Å². The lowest BCUT2D eigenvalue weighted by atomic mass is 9.88. The summed E-state index contributed by atoms with van der Waals surface area (Å²) in [5, 5.41) is 2.21. The normalized spacial score (nSPS) is 13.5. The van der Waals surface area contributed by atoms with Crippen LogP contribution in [0.15, 0.2) is 71.8 Å². The maximum absolute atomic E-state index is 11.6. The molecule has 1 aliphatic heterocycles. The van der Waals surface area contributed by atoms with Gasteiger partial charge in [0.2, 0.25) is 5.88 Å². The molecule has 0 fully saturated rings. The van der Waals surface area contributed by atoms with Gasteiger partial charge in [-0.05, 0) is 83.6 Å². The molecule has 0 spiro atoms. The lowest BCUT2D eigenvalue weighted by Crippen LogP contribution is -2.09. The van der Waals surface area contributed by atoms with E-state index >= 15 is 0 Å². The molecule has 2 aromatic heterocycles. The van der Waals surface area contributed by atoms with Crippen LogP contribution in [0.2, 0.25) is 0 Å². The Morgan fingerprint density at radius 3 is 2.68 bits per heavy atom. The first-order valence-corrected chi connectivity index (χ1v) is 14.1. The van der Waals surface area contributed by atoms with Gasteiger partial charge >= 0.3 is 0 Å². The molecule has 6 heteroatoms. The summed E-state index contributed by atoms with van der Waals surface area (Å²) >= 11 is 0. The molecule has 37 heavy (non-hydrogen) atoms. The third-order valence-electron chi connectivity index (χ3n) is 7.13. The fraction of sp³-hybridized carbons (Fsp3) is 0.226. The maximum Gasteiger partial charge on any atom is 0.214 e. The fourth-order valence-corrected chi connectivity index (χ4v) is 5.83. The molecule has 6 rings (SSSR count). The second kappa shape index (κ2) is 9.60. The van der Waals surface area contributed by atoms with Gasteiger partial charge in [-0.2, -0.15) is 0 Å². The van der Waals surface area contributed by atoms with Crippen LogP contribution >= 0.6 is 0 Å². The maximum atomic E-state index is 11.6. The Morgan fingerprint density at radius 2 is 1.89 bits per heavy atom. The van der Waals surface area contributed by atoms with E-state index in [4.69, 9.17) is 19.4 Å². The second-order valence-corrected chi connectivity index (χ2v) is 10.8. The number of aryl methyl sites for hydroxylation is 1. The van der Waals surface area contributed by atoms with Crippen LogP contribution in [0.5, 0.6) is 11.6 Å². The minimum Gasteiger partial charge on any atom is -0.493 e. The highest BCUT2D eigenvalue weighted by Gasteiger charge is 2.21. The average Bonchev–Trinajstić information content (AvgIpc) is 2.92. The Kier molecular flexibility index (Phi) is 6.13. The van der Waals surface area contributed by atoms with Gasteiger partial charge < -0.3 is 9.47 Å². The number of rotatable bonds is 6. The molecule has 1 unspecified atom stereocenters. The van der Waals surface area contributed by atoms with E-state index in [9.17, 15) is 4.21 Å². The molecule has 0 radical (unpaired) electrons. The number of ether oxygens (including phenoxy) is 2. The van der Waals surface area contributed by atoms with Crippen LogP contribution in [-0.2, 0) is 30.2 Å². The van der Waals surface area contributed by atoms with Gasteiger partial charge in [-0.25, -0.2) is 4.98 Å². The van der Waals surface area contributed by atoms with Crippen LogP contribution in [0.4, 0.5) is 0 Å². The molecular formula is C31H28N2O3S. The van der Waals surface area contributed by atoms with Gasteiger partial charge in [0, 0.05) is 57.0 Å². The monoisotopic (exact) mass is 508 g/mol. The Balaban J connectivity index is 1.43. The van der Waals surface area contributed by atoms with E-state index in [0.29, 0.717) is 19.1 Å². The van der Waals surface area contributed by atoms with Crippen LogP contribution in [0.1, 0.15) is 29.2 Å². The summed E-state index contributed by atoms with van der Waals surface area (Å²) in [5.74, 6) is 1.49. The minimum absolute atomic E-state index is 0.396. The van der Waals surface area contributed by atoms with Crippen LogP contribution in [0, 0.1) is 6.92 Å². The lowest BCUT2D eigenvalue weighted by Gasteiger charge is -2.21. The lowest BCUT2D eigenvalue weighted by molar-refractivity contribution is 0.295. The average molecular weight is 509 g/mol. The summed E-state index contributed by atoms with van der Waals surface area (Å²) in [7, 11) is -0.990. The summed E-state index contributed by atoms with van der Waals surface area (Å²) in [6.45, 7) is 5.45. The smallest absolute Gasteiger partial charge is 0.214 e. The summed E-state index contributed by atoms with van der Waals surface area (Å²) in [6, 6.07) is 20.2. The highest BCUT2D eigenvalue weighted by molar-refractivity contribution is 7.84. The number of hydrogen-bond donors (Lipinski definition) is 0. The van der Waals surface area contributed by atoms with Crippen molar-refractivity contribution in [2.75, 3.05) is 12.9 Å². The van der Waals surface area contributed by atoms with Gasteiger partial charge in [0.1, 0.15) is 12.4 Å². The van der Waals surface area contributed by atoms with Gasteiger partial charge in [0.05, 0.1) is 17.6 Å². The van der Waals surface area contributed by atoms with Gasteiger partial charge in [0.25, 0.3) is 0 Å². The quantitative estimate of drug-likeness (QED) is 0.260. The molecule has 5 nitrogen and oxygen atoms in total. The van der Waals surface area contributed by atoms with Crippen LogP contribution in [0.25, 0.3) is 32.9 Å². The number of nitrogens with zero attached hydrogens (tertiary/aromatic N) is 2. The largest absolute Gasteiger partial charge is 0.493 e. The van der Waals surface area contributed by atoms with E-state index < -0.39 is 10.8 Å². The van der Waals surface area contributed by atoms with Crippen molar-refractivity contribution in [1.82, 2.24) is 9.97 Å². The molecule has 1 aliphatic rings. The third-order valence-corrected chi connectivity index (χ3v) is 8.07. The zero-order chi connectivity index (χ0) is 25.5. The number of aromatic nitrogens is 2. The van der Waals surface area contributed by atoms with Crippen molar-refractivity contribution < 1.29 is 13.7 Å². The Bertz CT molecular complexity index is 1670. The predicted octanol–water partition coefficient (Wildman–Crippen LogP) is 6.57. The molecular weight excluding hydrogens is 480 g/mol. The first-order chi connectivity index (χ1) is 18.0. The van der Waals surface area contributed by atoms with Gasteiger partial charge in [-0.3, -0.25) is 9.19 Å². The van der Waals surface area contributed by atoms with Crippen molar-refractivity contribution >= 4 is 32.6 Å². The molecule has 0 N–H and O–H groups in total. The van der Waals surface area contributed by atoms with Gasteiger partial charge in [-0.1, -0.05) is 19.1 Å². The van der Waals surface area contributed by atoms with Gasteiger partial charge in [-0.15, -0.1) is 0 Å². The van der Waals surface area contributed by atoms with Gasteiger partial charge in [0.15, 0.2) is 0 Å². The van der Waals surface area contributed by atoms with Crippen molar-refractivity contribution in [2.45, 2.75) is 38.2 Å². The molecule has 0 saturated heterocycles. The van der Waals surface area contributed by atoms with Crippen molar-refractivity contribution in [3.05, 3.63) is 89.1 Å². The second-order valence-electron chi connectivity index (χ2n) is 9.41. The topological polar surface area (TPSA) is 61.3 Å². The van der Waals surface area contributed by atoms with E-state index in [1.165, 1.54) is 22.3 Å². The minimum atomic E-state index is -0.990. The molecule has 3 aromatic carbocycles. The molecule has 186 valence electrons. The van der Waals surface area contributed by atoms with Crippen molar-refractivity contribution in [3.63, 3.8) is 0 Å². The summed E-state index contributed by atoms with van der Waals surface area (Å²) in [6.07, 6.45) is 5.40. The molecule has 3 heterocycles. The molecule has 5 aromatic rings. The number of pyridine rings is 2. The summed E-state index contributed by atoms with van der Waals surface area (Å²) in [5.41, 5.74) is 8.97. The van der Waals surface area contributed by atoms with E-state index in [0.717, 1.165) is 56.4 Å².